The number of para-hydroxylation sites is 1. The van der Waals surface area contributed by atoms with Crippen LogP contribution in [0.3, 0.4) is 0 Å². The summed E-state index contributed by atoms with van der Waals surface area (Å²) in [4.78, 5) is 17.2. The van der Waals surface area contributed by atoms with Gasteiger partial charge in [-0.1, -0.05) is 30.3 Å². The number of piperidine rings is 1. The standard InChI is InChI=1S/C25H33FN4O/c1-29(22-8-3-2-4-9-22)15-6-10-24(31)30-16-5-7-20(18-30)25-23(17-27-28-25)19-11-13-21(26)14-12-19/h2-4,8-9,11-14,20,23,25,27-28H,5-7,10,15-18H2,1H3. The van der Waals surface area contributed by atoms with Crippen LogP contribution in [0.25, 0.3) is 0 Å². The normalized spacial score (nSPS) is 23.7. The number of nitrogens with zero attached hydrogens (tertiary/aromatic N) is 2. The summed E-state index contributed by atoms with van der Waals surface area (Å²) in [5, 5.41) is 0. The molecule has 0 spiro atoms. The second-order valence-electron chi connectivity index (χ2n) is 8.81. The van der Waals surface area contributed by atoms with E-state index < -0.39 is 0 Å². The van der Waals surface area contributed by atoms with E-state index in [2.05, 4.69) is 39.8 Å². The van der Waals surface area contributed by atoms with Gasteiger partial charge in [0.05, 0.1) is 0 Å². The van der Waals surface area contributed by atoms with Crippen molar-refractivity contribution in [1.29, 1.82) is 0 Å². The van der Waals surface area contributed by atoms with Crippen molar-refractivity contribution in [1.82, 2.24) is 15.8 Å². The zero-order valence-electron chi connectivity index (χ0n) is 18.3. The maximum Gasteiger partial charge on any atom is 0.222 e. The summed E-state index contributed by atoms with van der Waals surface area (Å²) in [6.07, 6.45) is 3.58. The van der Waals surface area contributed by atoms with Crippen LogP contribution in [0.1, 0.15) is 37.2 Å². The zero-order chi connectivity index (χ0) is 21.6. The van der Waals surface area contributed by atoms with E-state index in [0.717, 1.165) is 51.0 Å². The Bertz CT molecular complexity index is 844. The first kappa shape index (κ1) is 21.8. The largest absolute Gasteiger partial charge is 0.375 e. The van der Waals surface area contributed by atoms with Crippen LogP contribution in [0.15, 0.2) is 54.6 Å². The van der Waals surface area contributed by atoms with Crippen LogP contribution in [0.2, 0.25) is 0 Å². The van der Waals surface area contributed by atoms with Crippen LogP contribution < -0.4 is 15.8 Å². The molecule has 31 heavy (non-hydrogen) atoms. The van der Waals surface area contributed by atoms with Gasteiger partial charge >= 0.3 is 0 Å². The number of hydrazine groups is 1. The molecule has 3 unspecified atom stereocenters. The summed E-state index contributed by atoms with van der Waals surface area (Å²) in [5.74, 6) is 0.747. The second-order valence-corrected chi connectivity index (χ2v) is 8.81. The van der Waals surface area contributed by atoms with Crippen LogP contribution in [-0.4, -0.2) is 50.1 Å². The van der Waals surface area contributed by atoms with Gasteiger partial charge in [-0.25, -0.2) is 4.39 Å². The number of carbonyl (C=O) groups excluding carboxylic acids is 1. The van der Waals surface area contributed by atoms with Gasteiger partial charge in [0.25, 0.3) is 0 Å². The maximum atomic E-state index is 13.3. The van der Waals surface area contributed by atoms with Gasteiger partial charge in [0.2, 0.25) is 5.91 Å². The van der Waals surface area contributed by atoms with E-state index in [0.29, 0.717) is 18.3 Å². The zero-order valence-corrected chi connectivity index (χ0v) is 18.3. The number of carbonyl (C=O) groups is 1. The Morgan fingerprint density at radius 3 is 2.71 bits per heavy atom. The summed E-state index contributed by atoms with van der Waals surface area (Å²) in [6.45, 7) is 3.34. The molecule has 0 saturated carbocycles. The van der Waals surface area contributed by atoms with Crippen LogP contribution in [0.5, 0.6) is 0 Å². The van der Waals surface area contributed by atoms with Gasteiger partial charge < -0.3 is 9.80 Å². The third-order valence-corrected chi connectivity index (χ3v) is 6.72. The molecule has 0 aromatic heterocycles. The van der Waals surface area contributed by atoms with E-state index in [1.807, 2.05) is 30.3 Å². The van der Waals surface area contributed by atoms with Gasteiger partial charge in [-0.15, -0.1) is 0 Å². The molecule has 3 atom stereocenters. The molecule has 0 bridgehead atoms. The predicted molar refractivity (Wildman–Crippen MR) is 122 cm³/mol. The van der Waals surface area contributed by atoms with E-state index in [-0.39, 0.29) is 17.8 Å². The Morgan fingerprint density at radius 1 is 1.16 bits per heavy atom. The van der Waals surface area contributed by atoms with Crippen LogP contribution in [-0.2, 0) is 4.79 Å². The van der Waals surface area contributed by atoms with Crippen molar-refractivity contribution in [2.75, 3.05) is 38.1 Å². The Hall–Kier alpha value is -2.44. The summed E-state index contributed by atoms with van der Waals surface area (Å²) < 4.78 is 13.3. The van der Waals surface area contributed by atoms with Gasteiger partial charge in [-0.2, -0.15) is 0 Å². The van der Waals surface area contributed by atoms with Gasteiger partial charge in [0.15, 0.2) is 0 Å². The molecular weight excluding hydrogens is 391 g/mol. The van der Waals surface area contributed by atoms with Gasteiger partial charge in [-0.3, -0.25) is 15.6 Å². The molecule has 0 radical (unpaired) electrons. The monoisotopic (exact) mass is 424 g/mol. The molecule has 4 rings (SSSR count). The summed E-state index contributed by atoms with van der Waals surface area (Å²) in [7, 11) is 2.07. The molecule has 2 heterocycles. The molecule has 1 amide bonds. The Morgan fingerprint density at radius 2 is 1.94 bits per heavy atom. The van der Waals surface area contributed by atoms with Crippen molar-refractivity contribution in [3.8, 4) is 0 Å². The quantitative estimate of drug-likeness (QED) is 0.714. The van der Waals surface area contributed by atoms with Crippen molar-refractivity contribution in [2.24, 2.45) is 5.92 Å². The first-order valence-electron chi connectivity index (χ1n) is 11.4. The molecular formula is C25H33FN4O. The Kier molecular flexibility index (Phi) is 7.20. The Labute approximate surface area is 184 Å². The number of hydrogen-bond acceptors (Lipinski definition) is 4. The third kappa shape index (κ3) is 5.43. The minimum atomic E-state index is -0.202. The number of hydrogen-bond donors (Lipinski definition) is 2. The van der Waals surface area contributed by atoms with E-state index in [1.54, 1.807) is 0 Å². The summed E-state index contributed by atoms with van der Waals surface area (Å²) in [5.41, 5.74) is 9.05. The lowest BCUT2D eigenvalue weighted by atomic mass is 9.81. The van der Waals surface area contributed by atoms with E-state index in [9.17, 15) is 9.18 Å². The lowest BCUT2D eigenvalue weighted by Gasteiger charge is -2.37. The molecule has 166 valence electrons. The van der Waals surface area contributed by atoms with E-state index in [1.165, 1.54) is 17.8 Å². The highest BCUT2D eigenvalue weighted by Crippen LogP contribution is 2.32. The highest BCUT2D eigenvalue weighted by Gasteiger charge is 2.37. The fourth-order valence-electron chi connectivity index (χ4n) is 4.96. The molecule has 5 nitrogen and oxygen atoms in total. The van der Waals surface area contributed by atoms with Crippen molar-refractivity contribution in [2.45, 2.75) is 37.6 Å². The number of anilines is 1. The number of halogens is 1. The van der Waals surface area contributed by atoms with Gasteiger partial charge in [0, 0.05) is 57.3 Å². The highest BCUT2D eigenvalue weighted by molar-refractivity contribution is 5.76. The number of rotatable bonds is 7. The first-order chi connectivity index (χ1) is 15.1. The molecule has 2 N–H and O–H groups in total. The van der Waals surface area contributed by atoms with E-state index >= 15 is 0 Å². The fraction of sp³-hybridized carbons (Fsp3) is 0.480. The van der Waals surface area contributed by atoms with Crippen molar-refractivity contribution in [3.63, 3.8) is 0 Å². The average molecular weight is 425 g/mol. The lowest BCUT2D eigenvalue weighted by Crippen LogP contribution is -2.48. The van der Waals surface area contributed by atoms with E-state index in [4.69, 9.17) is 0 Å². The Balaban J connectivity index is 1.29. The molecule has 2 saturated heterocycles. The molecule has 6 heteroatoms. The molecule has 2 aliphatic heterocycles. The summed E-state index contributed by atoms with van der Waals surface area (Å²) in [6, 6.07) is 17.4. The molecule has 2 fully saturated rings. The smallest absolute Gasteiger partial charge is 0.222 e. The predicted octanol–water partition coefficient (Wildman–Crippen LogP) is 3.54. The SMILES string of the molecule is CN(CCCC(=O)N1CCCC(C2NNCC2c2ccc(F)cc2)C1)c1ccccc1. The second kappa shape index (κ2) is 10.2. The third-order valence-electron chi connectivity index (χ3n) is 6.72. The molecule has 0 aliphatic carbocycles. The van der Waals surface area contributed by atoms with Crippen LogP contribution in [0.4, 0.5) is 10.1 Å². The van der Waals surface area contributed by atoms with Crippen LogP contribution >= 0.6 is 0 Å². The minimum Gasteiger partial charge on any atom is -0.375 e. The molecule has 2 aromatic rings. The van der Waals surface area contributed by atoms with Crippen LogP contribution in [0, 0.1) is 11.7 Å². The fourth-order valence-corrected chi connectivity index (χ4v) is 4.96. The highest BCUT2D eigenvalue weighted by atomic mass is 19.1. The molecule has 2 aromatic carbocycles. The lowest BCUT2D eigenvalue weighted by molar-refractivity contribution is -0.133. The van der Waals surface area contributed by atoms with Crippen molar-refractivity contribution in [3.05, 3.63) is 66.0 Å². The number of likely N-dealkylation sites (tertiary alicyclic amines) is 1. The number of nitrogens with one attached hydrogen (secondary N) is 2. The first-order valence-corrected chi connectivity index (χ1v) is 11.4. The summed E-state index contributed by atoms with van der Waals surface area (Å²) >= 11 is 0. The maximum absolute atomic E-state index is 13.3. The van der Waals surface area contributed by atoms with Crippen molar-refractivity contribution >= 4 is 11.6 Å². The average Bonchev–Trinajstić information content (AvgIpc) is 3.30. The molecule has 2 aliphatic rings. The minimum absolute atomic E-state index is 0.202. The topological polar surface area (TPSA) is 47.6 Å². The van der Waals surface area contributed by atoms with Gasteiger partial charge in [0.1, 0.15) is 5.82 Å². The van der Waals surface area contributed by atoms with Gasteiger partial charge in [-0.05, 0) is 55.0 Å². The van der Waals surface area contributed by atoms with Crippen molar-refractivity contribution < 1.29 is 9.18 Å². The number of amides is 1. The number of benzene rings is 2.